The number of likely N-dealkylation sites (N-methyl/N-ethyl adjacent to an activating group) is 1. The van der Waals surface area contributed by atoms with Crippen LogP contribution >= 0.6 is 11.5 Å². The fraction of sp³-hybridized carbons (Fsp3) is 0.556. The van der Waals surface area contributed by atoms with E-state index in [1.54, 1.807) is 7.05 Å². The zero-order valence-corrected chi connectivity index (χ0v) is 10.5. The van der Waals surface area contributed by atoms with Crippen LogP contribution in [0.1, 0.15) is 12.6 Å². The van der Waals surface area contributed by atoms with E-state index in [1.165, 1.54) is 21.3 Å². The lowest BCUT2D eigenvalue weighted by Crippen LogP contribution is -2.31. The SMILES string of the molecule is CCNc1snnc1CN1C(=O)CN(C)C1=O. The molecule has 8 heteroatoms. The summed E-state index contributed by atoms with van der Waals surface area (Å²) in [6.07, 6.45) is 0. The van der Waals surface area contributed by atoms with Crippen LogP contribution < -0.4 is 5.32 Å². The Morgan fingerprint density at radius 3 is 2.82 bits per heavy atom. The highest BCUT2D eigenvalue weighted by Crippen LogP contribution is 2.21. The van der Waals surface area contributed by atoms with Crippen molar-refractivity contribution in [2.45, 2.75) is 13.5 Å². The van der Waals surface area contributed by atoms with E-state index in [1.807, 2.05) is 6.92 Å². The molecule has 0 saturated carbocycles. The molecule has 17 heavy (non-hydrogen) atoms. The van der Waals surface area contributed by atoms with Gasteiger partial charge in [-0.2, -0.15) is 0 Å². The summed E-state index contributed by atoms with van der Waals surface area (Å²) in [5.74, 6) is -0.201. The van der Waals surface area contributed by atoms with E-state index in [9.17, 15) is 9.59 Å². The summed E-state index contributed by atoms with van der Waals surface area (Å²) in [5.41, 5.74) is 0.633. The Bertz CT molecular complexity index is 446. The molecule has 1 fully saturated rings. The van der Waals surface area contributed by atoms with Crippen molar-refractivity contribution in [2.24, 2.45) is 0 Å². The minimum atomic E-state index is -0.287. The van der Waals surface area contributed by atoms with E-state index in [2.05, 4.69) is 14.9 Å². The lowest BCUT2D eigenvalue weighted by atomic mass is 10.4. The fourth-order valence-electron chi connectivity index (χ4n) is 1.58. The van der Waals surface area contributed by atoms with Gasteiger partial charge < -0.3 is 10.2 Å². The average Bonchev–Trinajstić information content (AvgIpc) is 2.81. The van der Waals surface area contributed by atoms with Crippen molar-refractivity contribution in [2.75, 3.05) is 25.5 Å². The summed E-state index contributed by atoms with van der Waals surface area (Å²) < 4.78 is 3.82. The van der Waals surface area contributed by atoms with E-state index in [4.69, 9.17) is 0 Å². The molecule has 0 aromatic carbocycles. The first-order valence-electron chi connectivity index (χ1n) is 5.24. The number of carbonyl (C=O) groups is 2. The fourth-order valence-corrected chi connectivity index (χ4v) is 2.22. The molecule has 2 rings (SSSR count). The van der Waals surface area contributed by atoms with E-state index in [0.717, 1.165) is 11.5 Å². The highest BCUT2D eigenvalue weighted by Gasteiger charge is 2.34. The predicted molar refractivity (Wildman–Crippen MR) is 62.6 cm³/mol. The number of imide groups is 1. The van der Waals surface area contributed by atoms with E-state index >= 15 is 0 Å². The Hall–Kier alpha value is -1.70. The Morgan fingerprint density at radius 2 is 2.24 bits per heavy atom. The summed E-state index contributed by atoms with van der Waals surface area (Å²) in [7, 11) is 1.60. The molecule has 1 aromatic rings. The van der Waals surface area contributed by atoms with Crippen LogP contribution in [-0.2, 0) is 11.3 Å². The molecule has 0 atom stereocenters. The number of nitrogens with one attached hydrogen (secondary N) is 1. The maximum Gasteiger partial charge on any atom is 0.327 e. The Balaban J connectivity index is 2.12. The molecular weight excluding hydrogens is 242 g/mol. The van der Waals surface area contributed by atoms with Crippen LogP contribution in [0.15, 0.2) is 0 Å². The number of rotatable bonds is 4. The Kier molecular flexibility index (Phi) is 3.23. The molecule has 1 aliphatic rings. The van der Waals surface area contributed by atoms with Crippen molar-refractivity contribution in [1.29, 1.82) is 0 Å². The third kappa shape index (κ3) is 2.21. The molecule has 1 aliphatic heterocycles. The van der Waals surface area contributed by atoms with Gasteiger partial charge in [0.1, 0.15) is 17.2 Å². The minimum Gasteiger partial charge on any atom is -0.374 e. The molecule has 7 nitrogen and oxygen atoms in total. The number of urea groups is 1. The highest BCUT2D eigenvalue weighted by atomic mass is 32.1. The van der Waals surface area contributed by atoms with Crippen molar-refractivity contribution in [1.82, 2.24) is 19.4 Å². The summed E-state index contributed by atoms with van der Waals surface area (Å²) in [5, 5.41) is 7.84. The number of nitrogens with zero attached hydrogens (tertiary/aromatic N) is 4. The Labute approximate surface area is 103 Å². The second-order valence-corrected chi connectivity index (χ2v) is 4.45. The topological polar surface area (TPSA) is 78.4 Å². The first kappa shape index (κ1) is 11.8. The van der Waals surface area contributed by atoms with Crippen LogP contribution in [0.25, 0.3) is 0 Å². The third-order valence-corrected chi connectivity index (χ3v) is 3.16. The van der Waals surface area contributed by atoms with Crippen molar-refractivity contribution in [3.05, 3.63) is 5.69 Å². The van der Waals surface area contributed by atoms with E-state index in [-0.39, 0.29) is 25.0 Å². The lowest BCUT2D eigenvalue weighted by Gasteiger charge is -2.13. The van der Waals surface area contributed by atoms with Gasteiger partial charge in [0.2, 0.25) is 0 Å². The molecule has 1 aromatic heterocycles. The van der Waals surface area contributed by atoms with Gasteiger partial charge in [0.05, 0.1) is 6.54 Å². The second-order valence-electron chi connectivity index (χ2n) is 3.70. The van der Waals surface area contributed by atoms with Gasteiger partial charge >= 0.3 is 6.03 Å². The van der Waals surface area contributed by atoms with Crippen LogP contribution in [0.3, 0.4) is 0 Å². The summed E-state index contributed by atoms with van der Waals surface area (Å²) in [6.45, 7) is 3.02. The highest BCUT2D eigenvalue weighted by molar-refractivity contribution is 7.10. The second kappa shape index (κ2) is 4.66. The van der Waals surface area contributed by atoms with Gasteiger partial charge in [-0.3, -0.25) is 9.69 Å². The molecule has 1 saturated heterocycles. The average molecular weight is 255 g/mol. The molecule has 0 radical (unpaired) electrons. The molecular formula is C9H13N5O2S. The van der Waals surface area contributed by atoms with Crippen LogP contribution in [0.5, 0.6) is 0 Å². The van der Waals surface area contributed by atoms with Gasteiger partial charge in [0, 0.05) is 25.1 Å². The standard InChI is InChI=1S/C9H13N5O2S/c1-3-10-8-6(11-12-17-8)4-14-7(15)5-13(2)9(14)16/h10H,3-5H2,1-2H3. The zero-order valence-electron chi connectivity index (χ0n) is 9.63. The first-order chi connectivity index (χ1) is 8.13. The van der Waals surface area contributed by atoms with Gasteiger partial charge in [0.25, 0.3) is 5.91 Å². The normalized spacial score (nSPS) is 15.9. The minimum absolute atomic E-state index is 0.132. The maximum atomic E-state index is 11.7. The number of hydrogen-bond donors (Lipinski definition) is 1. The third-order valence-electron chi connectivity index (χ3n) is 2.43. The summed E-state index contributed by atoms with van der Waals surface area (Å²) >= 11 is 1.23. The molecule has 3 amide bonds. The first-order valence-corrected chi connectivity index (χ1v) is 6.01. The van der Waals surface area contributed by atoms with Crippen LogP contribution in [0.2, 0.25) is 0 Å². The predicted octanol–water partition coefficient (Wildman–Crippen LogP) is 0.364. The van der Waals surface area contributed by atoms with Gasteiger partial charge in [-0.1, -0.05) is 4.49 Å². The van der Waals surface area contributed by atoms with E-state index < -0.39 is 0 Å². The van der Waals surface area contributed by atoms with Crippen LogP contribution in [0.4, 0.5) is 9.80 Å². The van der Waals surface area contributed by atoms with E-state index in [0.29, 0.717) is 5.69 Å². The maximum absolute atomic E-state index is 11.7. The molecule has 0 spiro atoms. The number of hydrogen-bond acceptors (Lipinski definition) is 6. The van der Waals surface area contributed by atoms with Gasteiger partial charge in [-0.15, -0.1) is 5.10 Å². The number of aromatic nitrogens is 2. The largest absolute Gasteiger partial charge is 0.374 e. The molecule has 0 unspecified atom stereocenters. The molecule has 0 bridgehead atoms. The van der Waals surface area contributed by atoms with Crippen LogP contribution in [0, 0.1) is 0 Å². The van der Waals surface area contributed by atoms with Gasteiger partial charge in [0.15, 0.2) is 0 Å². The van der Waals surface area contributed by atoms with Crippen LogP contribution in [-0.4, -0.2) is 51.5 Å². The van der Waals surface area contributed by atoms with Crippen molar-refractivity contribution < 1.29 is 9.59 Å². The lowest BCUT2D eigenvalue weighted by molar-refractivity contribution is -0.125. The Morgan fingerprint density at radius 1 is 1.47 bits per heavy atom. The molecule has 0 aliphatic carbocycles. The van der Waals surface area contributed by atoms with Crippen molar-refractivity contribution in [3.8, 4) is 0 Å². The quantitative estimate of drug-likeness (QED) is 0.786. The van der Waals surface area contributed by atoms with Gasteiger partial charge in [-0.05, 0) is 6.92 Å². The summed E-state index contributed by atoms with van der Waals surface area (Å²) in [6, 6.07) is -0.287. The van der Waals surface area contributed by atoms with Gasteiger partial charge in [-0.25, -0.2) is 4.79 Å². The smallest absolute Gasteiger partial charge is 0.327 e. The van der Waals surface area contributed by atoms with Crippen molar-refractivity contribution in [3.63, 3.8) is 0 Å². The zero-order chi connectivity index (χ0) is 12.4. The van der Waals surface area contributed by atoms with Crippen molar-refractivity contribution >= 4 is 28.5 Å². The monoisotopic (exact) mass is 255 g/mol. The molecule has 2 heterocycles. The number of amides is 3. The molecule has 92 valence electrons. The summed E-state index contributed by atoms with van der Waals surface area (Å²) in [4.78, 5) is 25.8. The number of carbonyl (C=O) groups excluding carboxylic acids is 2. The number of anilines is 1. The molecule has 1 N–H and O–H groups in total.